The average Bonchev–Trinajstić information content (AvgIpc) is 2.81. The van der Waals surface area contributed by atoms with Crippen LogP contribution in [0.4, 0.5) is 19.0 Å². The van der Waals surface area contributed by atoms with Crippen molar-refractivity contribution in [3.05, 3.63) is 63.5 Å². The molecule has 0 saturated carbocycles. The molecule has 1 fully saturated rings. The van der Waals surface area contributed by atoms with E-state index >= 15 is 0 Å². The normalized spacial score (nSPS) is 20.8. The molecule has 0 atom stereocenters. The van der Waals surface area contributed by atoms with Gasteiger partial charge in [0, 0.05) is 53.0 Å². The topological polar surface area (TPSA) is 89.2 Å². The molecule has 1 aromatic carbocycles. The number of nitrogens with one attached hydrogen (secondary N) is 1. The van der Waals surface area contributed by atoms with Crippen LogP contribution in [0, 0.1) is 5.82 Å². The van der Waals surface area contributed by atoms with Gasteiger partial charge in [-0.1, -0.05) is 18.2 Å². The highest BCUT2D eigenvalue weighted by molar-refractivity contribution is 7.93. The minimum absolute atomic E-state index is 0.0693. The van der Waals surface area contributed by atoms with Crippen LogP contribution >= 0.6 is 0 Å². The first-order valence-corrected chi connectivity index (χ1v) is 12.3. The van der Waals surface area contributed by atoms with Gasteiger partial charge in [-0.05, 0) is 24.8 Å². The summed E-state index contributed by atoms with van der Waals surface area (Å²) >= 11 is 0. The summed E-state index contributed by atoms with van der Waals surface area (Å²) in [5.74, 6) is 0.204. The molecular formula is C22H24F3N5O2S. The highest BCUT2D eigenvalue weighted by atomic mass is 32.2. The number of pyridine rings is 1. The van der Waals surface area contributed by atoms with Crippen molar-refractivity contribution in [1.82, 2.24) is 14.5 Å². The van der Waals surface area contributed by atoms with Gasteiger partial charge >= 0.3 is 0 Å². The average molecular weight is 480 g/mol. The second kappa shape index (κ2) is 9.12. The number of rotatable bonds is 5. The number of nitrogens with zero attached hydrogens (tertiary/aromatic N) is 4. The zero-order valence-corrected chi connectivity index (χ0v) is 19.0. The summed E-state index contributed by atoms with van der Waals surface area (Å²) in [4.78, 5) is 21.5. The second-order valence-electron chi connectivity index (χ2n) is 8.04. The van der Waals surface area contributed by atoms with Crippen molar-refractivity contribution in [2.75, 3.05) is 23.9 Å². The Labute approximate surface area is 189 Å². The Hall–Kier alpha value is -2.95. The fraction of sp³-hybridized carbons (Fsp3) is 0.409. The summed E-state index contributed by atoms with van der Waals surface area (Å²) in [6.07, 6.45) is -0.459. The smallest absolute Gasteiger partial charge is 0.266 e. The van der Waals surface area contributed by atoms with E-state index in [-0.39, 0.29) is 23.6 Å². The second-order valence-corrected chi connectivity index (χ2v) is 10.8. The molecule has 1 aliphatic rings. The lowest BCUT2D eigenvalue weighted by molar-refractivity contribution is 0.146. The van der Waals surface area contributed by atoms with Crippen LogP contribution in [0.2, 0.25) is 0 Å². The third-order valence-electron chi connectivity index (χ3n) is 6.17. The van der Waals surface area contributed by atoms with Gasteiger partial charge < -0.3 is 5.32 Å². The van der Waals surface area contributed by atoms with Crippen LogP contribution in [0.5, 0.6) is 0 Å². The van der Waals surface area contributed by atoms with Crippen molar-refractivity contribution >= 4 is 26.6 Å². The number of aromatic nitrogens is 3. The fourth-order valence-electron chi connectivity index (χ4n) is 4.20. The summed E-state index contributed by atoms with van der Waals surface area (Å²) in [7, 11) is 0.972. The molecule has 176 valence electrons. The highest BCUT2D eigenvalue weighted by Gasteiger charge is 2.26. The number of benzene rings is 1. The summed E-state index contributed by atoms with van der Waals surface area (Å²) in [6.45, 7) is -0.0693. The zero-order valence-electron chi connectivity index (χ0n) is 18.2. The van der Waals surface area contributed by atoms with Crippen molar-refractivity contribution < 1.29 is 17.4 Å². The van der Waals surface area contributed by atoms with Crippen LogP contribution in [0.1, 0.15) is 41.9 Å². The van der Waals surface area contributed by atoms with Crippen LogP contribution in [-0.2, 0) is 23.3 Å². The number of hydrogen-bond donors (Lipinski definition) is 1. The van der Waals surface area contributed by atoms with E-state index in [0.717, 1.165) is 6.07 Å². The lowest BCUT2D eigenvalue weighted by atomic mass is 9.94. The molecule has 0 unspecified atom stereocenters. The van der Waals surface area contributed by atoms with Gasteiger partial charge in [-0.2, -0.15) is 0 Å². The minimum Gasteiger partial charge on any atom is -0.365 e. The minimum atomic E-state index is -2.91. The highest BCUT2D eigenvalue weighted by Crippen LogP contribution is 2.31. The molecule has 0 spiro atoms. The first-order chi connectivity index (χ1) is 15.7. The molecule has 0 aliphatic carbocycles. The number of aryl methyl sites for hydroxylation is 1. The lowest BCUT2D eigenvalue weighted by Gasteiger charge is -2.25. The third-order valence-corrected chi connectivity index (χ3v) is 8.58. The Balaban J connectivity index is 1.69. The molecule has 2 aromatic heterocycles. The molecule has 0 bridgehead atoms. The predicted octanol–water partition coefficient (Wildman–Crippen LogP) is 3.99. The fourth-order valence-corrected chi connectivity index (χ4v) is 6.08. The Bertz CT molecular complexity index is 1370. The molecule has 3 heterocycles. The Morgan fingerprint density at radius 1 is 1.27 bits per heavy atom. The van der Waals surface area contributed by atoms with Crippen molar-refractivity contribution in [2.24, 2.45) is 11.4 Å². The van der Waals surface area contributed by atoms with Gasteiger partial charge in [-0.15, -0.1) is 0 Å². The third kappa shape index (κ3) is 4.46. The van der Waals surface area contributed by atoms with Gasteiger partial charge in [0.05, 0.1) is 10.9 Å². The van der Waals surface area contributed by atoms with Crippen LogP contribution in [0.15, 0.2) is 39.8 Å². The number of alkyl halides is 2. The van der Waals surface area contributed by atoms with Gasteiger partial charge in [0.2, 0.25) is 0 Å². The summed E-state index contributed by atoms with van der Waals surface area (Å²) < 4.78 is 58.4. The SMILES string of the molecule is CN=S1(=O)CCC(c2cc3c(NCc4cccc(C(F)F)c4F)ncnc3n(C)c2=O)CC1. The van der Waals surface area contributed by atoms with E-state index in [4.69, 9.17) is 0 Å². The summed E-state index contributed by atoms with van der Waals surface area (Å²) in [5, 5.41) is 3.56. The Morgan fingerprint density at radius 3 is 2.67 bits per heavy atom. The number of anilines is 1. The molecule has 11 heteroatoms. The van der Waals surface area contributed by atoms with Gasteiger partial charge in [0.1, 0.15) is 23.6 Å². The largest absolute Gasteiger partial charge is 0.365 e. The molecule has 1 aliphatic heterocycles. The molecular weight excluding hydrogens is 455 g/mol. The molecule has 7 nitrogen and oxygen atoms in total. The van der Waals surface area contributed by atoms with Crippen molar-refractivity contribution in [1.29, 1.82) is 0 Å². The van der Waals surface area contributed by atoms with Crippen LogP contribution < -0.4 is 10.9 Å². The van der Waals surface area contributed by atoms with E-state index in [1.54, 1.807) is 20.2 Å². The molecule has 0 radical (unpaired) electrons. The molecule has 33 heavy (non-hydrogen) atoms. The quantitative estimate of drug-likeness (QED) is 0.598. The van der Waals surface area contributed by atoms with Crippen LogP contribution in [-0.4, -0.2) is 37.3 Å². The van der Waals surface area contributed by atoms with E-state index in [0.29, 0.717) is 46.8 Å². The van der Waals surface area contributed by atoms with E-state index in [9.17, 15) is 22.2 Å². The van der Waals surface area contributed by atoms with Crippen molar-refractivity contribution in [2.45, 2.75) is 31.7 Å². The number of fused-ring (bicyclic) bond motifs is 1. The maximum Gasteiger partial charge on any atom is 0.266 e. The first kappa shape index (κ1) is 23.2. The maximum atomic E-state index is 14.4. The molecule has 1 saturated heterocycles. The summed E-state index contributed by atoms with van der Waals surface area (Å²) in [6, 6.07) is 5.59. The number of halogens is 3. The van der Waals surface area contributed by atoms with Crippen molar-refractivity contribution in [3.63, 3.8) is 0 Å². The zero-order chi connectivity index (χ0) is 23.8. The van der Waals surface area contributed by atoms with Gasteiger partial charge in [0.25, 0.3) is 12.0 Å². The maximum absolute atomic E-state index is 14.4. The van der Waals surface area contributed by atoms with E-state index < -0.39 is 27.5 Å². The first-order valence-electron chi connectivity index (χ1n) is 10.5. The van der Waals surface area contributed by atoms with Gasteiger partial charge in [-0.3, -0.25) is 9.36 Å². The van der Waals surface area contributed by atoms with Gasteiger partial charge in [0.15, 0.2) is 0 Å². The molecule has 3 aromatic rings. The summed E-state index contributed by atoms with van der Waals surface area (Å²) in [5.41, 5.74) is 0.210. The monoisotopic (exact) mass is 479 g/mol. The van der Waals surface area contributed by atoms with Crippen LogP contribution in [0.3, 0.4) is 0 Å². The van der Waals surface area contributed by atoms with Gasteiger partial charge in [-0.25, -0.2) is 31.7 Å². The Kier molecular flexibility index (Phi) is 6.42. The standard InChI is InChI=1S/C22H24F3N5O2S/c1-26-33(32)8-6-13(7-9-33)16-10-17-20(28-12-29-21(17)30(2)22(16)31)27-11-14-4-3-5-15(18(14)23)19(24)25/h3-5,10,12-13,19H,6-9,11H2,1-2H3,(H,27,28,29). The van der Waals surface area contributed by atoms with Crippen LogP contribution in [0.25, 0.3) is 11.0 Å². The molecule has 1 N–H and O–H groups in total. The number of hydrogen-bond acceptors (Lipinski definition) is 6. The molecule has 4 rings (SSSR count). The Morgan fingerprint density at radius 2 is 2.00 bits per heavy atom. The van der Waals surface area contributed by atoms with E-state index in [1.165, 1.54) is 23.0 Å². The van der Waals surface area contributed by atoms with E-state index in [1.807, 2.05) is 0 Å². The molecule has 0 amide bonds. The predicted molar refractivity (Wildman–Crippen MR) is 122 cm³/mol. The lowest BCUT2D eigenvalue weighted by Crippen LogP contribution is -2.29. The van der Waals surface area contributed by atoms with Crippen molar-refractivity contribution in [3.8, 4) is 0 Å². The van der Waals surface area contributed by atoms with E-state index in [2.05, 4.69) is 19.6 Å².